The Morgan fingerprint density at radius 2 is 1.90 bits per heavy atom. The number of rotatable bonds is 5. The summed E-state index contributed by atoms with van der Waals surface area (Å²) < 4.78 is 5.45. The lowest BCUT2D eigenvalue weighted by atomic mass is 10.2. The van der Waals surface area contributed by atoms with Gasteiger partial charge >= 0.3 is 5.97 Å². The Kier molecular flexibility index (Phi) is 4.80. The Bertz CT molecular complexity index is 621. The molecule has 0 heterocycles. The fourth-order valence-electron chi connectivity index (χ4n) is 1.70. The Hall–Kier alpha value is -2.26. The van der Waals surface area contributed by atoms with E-state index in [2.05, 4.69) is 0 Å². The molecular weight excluding hydrogens is 276 g/mol. The van der Waals surface area contributed by atoms with Gasteiger partial charge in [-0.2, -0.15) is 0 Å². The molecule has 0 unspecified atom stereocenters. The van der Waals surface area contributed by atoms with Gasteiger partial charge in [0.2, 0.25) is 0 Å². The first-order valence-corrected chi connectivity index (χ1v) is 6.42. The second-order valence-electron chi connectivity index (χ2n) is 4.05. The van der Waals surface area contributed by atoms with Crippen LogP contribution >= 0.6 is 11.6 Å². The molecule has 0 aromatic heterocycles. The van der Waals surface area contributed by atoms with Crippen molar-refractivity contribution in [3.8, 4) is 5.75 Å². The summed E-state index contributed by atoms with van der Waals surface area (Å²) in [7, 11) is 0. The van der Waals surface area contributed by atoms with Crippen LogP contribution in [0, 0.1) is 0 Å². The van der Waals surface area contributed by atoms with Gasteiger partial charge in [0.25, 0.3) is 0 Å². The van der Waals surface area contributed by atoms with Crippen molar-refractivity contribution in [1.29, 1.82) is 0 Å². The number of hydrogen-bond donors (Lipinski definition) is 1. The first-order valence-electron chi connectivity index (χ1n) is 6.04. The van der Waals surface area contributed by atoms with Gasteiger partial charge in [0.15, 0.2) is 5.75 Å². The lowest BCUT2D eigenvalue weighted by Crippen LogP contribution is -2.03. The van der Waals surface area contributed by atoms with Gasteiger partial charge in [-0.15, -0.1) is 0 Å². The highest BCUT2D eigenvalue weighted by Gasteiger charge is 2.13. The van der Waals surface area contributed by atoms with Crippen molar-refractivity contribution in [1.82, 2.24) is 0 Å². The molecule has 2 rings (SSSR count). The van der Waals surface area contributed by atoms with E-state index in [1.807, 2.05) is 42.5 Å². The summed E-state index contributed by atoms with van der Waals surface area (Å²) in [4.78, 5) is 11.1. The summed E-state index contributed by atoms with van der Waals surface area (Å²) in [5.74, 6) is -0.867. The van der Waals surface area contributed by atoms with Gasteiger partial charge in [0, 0.05) is 0 Å². The van der Waals surface area contributed by atoms with Crippen molar-refractivity contribution in [2.45, 2.75) is 0 Å². The summed E-state index contributed by atoms with van der Waals surface area (Å²) >= 11 is 5.96. The van der Waals surface area contributed by atoms with E-state index in [0.717, 1.165) is 5.56 Å². The second kappa shape index (κ2) is 6.78. The zero-order chi connectivity index (χ0) is 14.4. The minimum absolute atomic E-state index is 0.0608. The highest BCUT2D eigenvalue weighted by Crippen LogP contribution is 2.28. The zero-order valence-corrected chi connectivity index (χ0v) is 11.4. The minimum Gasteiger partial charge on any atom is -0.487 e. The van der Waals surface area contributed by atoms with Crippen LogP contribution in [0.25, 0.3) is 6.08 Å². The molecule has 0 aliphatic rings. The molecule has 20 heavy (non-hydrogen) atoms. The number of carbonyl (C=O) groups is 1. The van der Waals surface area contributed by atoms with Crippen LogP contribution in [0.4, 0.5) is 0 Å². The maximum Gasteiger partial charge on any atom is 0.339 e. The third kappa shape index (κ3) is 3.62. The normalized spacial score (nSPS) is 10.7. The van der Waals surface area contributed by atoms with Crippen LogP contribution in [0.15, 0.2) is 54.6 Å². The van der Waals surface area contributed by atoms with E-state index in [-0.39, 0.29) is 22.9 Å². The van der Waals surface area contributed by atoms with E-state index >= 15 is 0 Å². The van der Waals surface area contributed by atoms with Crippen LogP contribution in [-0.4, -0.2) is 17.7 Å². The fourth-order valence-corrected chi connectivity index (χ4v) is 1.93. The molecule has 102 valence electrons. The van der Waals surface area contributed by atoms with E-state index in [0.29, 0.717) is 0 Å². The Labute approximate surface area is 122 Å². The summed E-state index contributed by atoms with van der Waals surface area (Å²) in [5.41, 5.74) is 1.11. The van der Waals surface area contributed by atoms with E-state index in [9.17, 15) is 4.79 Å². The number of hydrogen-bond acceptors (Lipinski definition) is 2. The first-order chi connectivity index (χ1) is 9.68. The average molecular weight is 289 g/mol. The Morgan fingerprint density at radius 1 is 1.15 bits per heavy atom. The molecule has 0 radical (unpaired) electrons. The summed E-state index contributed by atoms with van der Waals surface area (Å²) in [6.07, 6.45) is 3.71. The zero-order valence-electron chi connectivity index (χ0n) is 10.6. The average Bonchev–Trinajstić information content (AvgIpc) is 2.45. The molecule has 0 bridgehead atoms. The van der Waals surface area contributed by atoms with Gasteiger partial charge in [-0.3, -0.25) is 0 Å². The van der Waals surface area contributed by atoms with Gasteiger partial charge in [-0.05, 0) is 23.8 Å². The largest absolute Gasteiger partial charge is 0.487 e. The molecule has 0 aliphatic heterocycles. The summed E-state index contributed by atoms with van der Waals surface area (Å²) in [5, 5.41) is 9.36. The predicted molar refractivity (Wildman–Crippen MR) is 79.4 cm³/mol. The van der Waals surface area contributed by atoms with Crippen LogP contribution in [0.1, 0.15) is 15.9 Å². The maximum atomic E-state index is 11.1. The van der Waals surface area contributed by atoms with Gasteiger partial charge in [-0.1, -0.05) is 54.1 Å². The van der Waals surface area contributed by atoms with Crippen LogP contribution < -0.4 is 4.74 Å². The van der Waals surface area contributed by atoms with Gasteiger partial charge in [0.1, 0.15) is 12.2 Å². The van der Waals surface area contributed by atoms with Crippen molar-refractivity contribution in [3.05, 3.63) is 70.8 Å². The maximum absolute atomic E-state index is 11.1. The van der Waals surface area contributed by atoms with Gasteiger partial charge in [0.05, 0.1) is 5.02 Å². The molecule has 0 fully saturated rings. The number of ether oxygens (including phenoxy) is 1. The quantitative estimate of drug-likeness (QED) is 0.900. The van der Waals surface area contributed by atoms with Gasteiger partial charge < -0.3 is 9.84 Å². The number of para-hydroxylation sites is 1. The van der Waals surface area contributed by atoms with E-state index in [1.165, 1.54) is 6.07 Å². The molecule has 0 atom stereocenters. The topological polar surface area (TPSA) is 46.5 Å². The van der Waals surface area contributed by atoms with E-state index in [4.69, 9.17) is 21.4 Å². The van der Waals surface area contributed by atoms with Crippen molar-refractivity contribution >= 4 is 23.6 Å². The lowest BCUT2D eigenvalue weighted by Gasteiger charge is -2.08. The Balaban J connectivity index is 2.05. The SMILES string of the molecule is O=C(O)c1cccc(Cl)c1OCC=Cc1ccccc1. The molecule has 0 spiro atoms. The highest BCUT2D eigenvalue weighted by molar-refractivity contribution is 6.32. The molecule has 0 amide bonds. The molecule has 2 aromatic rings. The van der Waals surface area contributed by atoms with E-state index < -0.39 is 5.97 Å². The molecule has 4 heteroatoms. The standard InChI is InChI=1S/C16H13ClO3/c17-14-10-4-9-13(16(18)19)15(14)20-11-5-8-12-6-2-1-3-7-12/h1-10H,11H2,(H,18,19). The highest BCUT2D eigenvalue weighted by atomic mass is 35.5. The lowest BCUT2D eigenvalue weighted by molar-refractivity contribution is 0.0693. The molecule has 2 aromatic carbocycles. The van der Waals surface area contributed by atoms with Crippen molar-refractivity contribution in [2.75, 3.05) is 6.61 Å². The monoisotopic (exact) mass is 288 g/mol. The number of carboxylic acids is 1. The molecular formula is C16H13ClO3. The Morgan fingerprint density at radius 3 is 2.60 bits per heavy atom. The number of carboxylic acid groups (broad SMARTS) is 1. The fraction of sp³-hybridized carbons (Fsp3) is 0.0625. The number of benzene rings is 2. The van der Waals surface area contributed by atoms with E-state index in [1.54, 1.807) is 12.1 Å². The molecule has 0 saturated carbocycles. The predicted octanol–water partition coefficient (Wildman–Crippen LogP) is 4.13. The third-order valence-corrected chi connectivity index (χ3v) is 2.93. The second-order valence-corrected chi connectivity index (χ2v) is 4.45. The molecule has 1 N–H and O–H groups in total. The molecule has 3 nitrogen and oxygen atoms in total. The number of aromatic carboxylic acids is 1. The smallest absolute Gasteiger partial charge is 0.339 e. The van der Waals surface area contributed by atoms with Crippen LogP contribution in [0.2, 0.25) is 5.02 Å². The first kappa shape index (κ1) is 14.2. The molecule has 0 saturated heterocycles. The summed E-state index contributed by atoms with van der Waals surface area (Å²) in [6, 6.07) is 14.4. The van der Waals surface area contributed by atoms with Crippen LogP contribution in [0.5, 0.6) is 5.75 Å². The number of halogens is 1. The van der Waals surface area contributed by atoms with Crippen LogP contribution in [0.3, 0.4) is 0 Å². The van der Waals surface area contributed by atoms with Gasteiger partial charge in [-0.25, -0.2) is 4.79 Å². The minimum atomic E-state index is -1.06. The van der Waals surface area contributed by atoms with Crippen molar-refractivity contribution in [2.24, 2.45) is 0 Å². The van der Waals surface area contributed by atoms with Crippen LogP contribution in [-0.2, 0) is 0 Å². The molecule has 0 aliphatic carbocycles. The van der Waals surface area contributed by atoms with Crippen molar-refractivity contribution in [3.63, 3.8) is 0 Å². The summed E-state index contributed by atoms with van der Waals surface area (Å²) in [6.45, 7) is 0.249. The van der Waals surface area contributed by atoms with Crippen molar-refractivity contribution < 1.29 is 14.6 Å². The third-order valence-electron chi connectivity index (χ3n) is 2.63.